The number of hydrogen-bond donors (Lipinski definition) is 1. The molecule has 1 aliphatic heterocycles. The molecule has 1 N–H and O–H groups in total. The van der Waals surface area contributed by atoms with E-state index in [0.717, 1.165) is 16.9 Å². The van der Waals surface area contributed by atoms with Crippen LogP contribution < -0.4 is 10.1 Å². The molecule has 0 bridgehead atoms. The van der Waals surface area contributed by atoms with Gasteiger partial charge in [-0.2, -0.15) is 4.98 Å². The highest BCUT2D eigenvalue weighted by Crippen LogP contribution is 2.38. The first-order valence-corrected chi connectivity index (χ1v) is 11.7. The minimum Gasteiger partial charge on any atom is -0.494 e. The normalized spacial score (nSPS) is 15.7. The number of allylic oxidation sites excluding steroid dienone is 1. The highest BCUT2D eigenvalue weighted by atomic mass is 19.1. The molecule has 2 heterocycles. The van der Waals surface area contributed by atoms with Crippen LogP contribution in [0.4, 0.5) is 9.18 Å². The van der Waals surface area contributed by atoms with E-state index in [1.165, 1.54) is 12.1 Å². The summed E-state index contributed by atoms with van der Waals surface area (Å²) in [5, 5.41) is 7.21. The number of amides is 2. The number of rotatable bonds is 7. The van der Waals surface area contributed by atoms with Gasteiger partial charge in [0.2, 0.25) is 5.82 Å². The average molecular weight is 485 g/mol. The molecule has 0 radical (unpaired) electrons. The molecule has 2 amide bonds. The van der Waals surface area contributed by atoms with E-state index in [1.54, 1.807) is 17.0 Å². The third-order valence-corrected chi connectivity index (χ3v) is 6.04. The molecule has 0 aliphatic carbocycles. The van der Waals surface area contributed by atoms with E-state index < -0.39 is 6.04 Å². The summed E-state index contributed by atoms with van der Waals surface area (Å²) >= 11 is 0. The number of nitrogens with zero attached hydrogens (tertiary/aromatic N) is 3. The summed E-state index contributed by atoms with van der Waals surface area (Å²) in [6.45, 7) is 4.64. The number of nitrogens with one attached hydrogen (secondary N) is 1. The molecular weight excluding hydrogens is 459 g/mol. The van der Waals surface area contributed by atoms with Gasteiger partial charge in [0.25, 0.3) is 5.89 Å². The number of hydrogen-bond acceptors (Lipinski definition) is 5. The van der Waals surface area contributed by atoms with E-state index >= 15 is 0 Å². The van der Waals surface area contributed by atoms with Crippen LogP contribution in [0.1, 0.15) is 36.9 Å². The van der Waals surface area contributed by atoms with Crippen LogP contribution in [0.3, 0.4) is 0 Å². The molecule has 1 atom stereocenters. The Morgan fingerprint density at radius 3 is 2.58 bits per heavy atom. The van der Waals surface area contributed by atoms with Gasteiger partial charge in [-0.3, -0.25) is 4.90 Å². The molecule has 4 aromatic rings. The lowest BCUT2D eigenvalue weighted by molar-refractivity contribution is 0.203. The molecule has 3 aromatic carbocycles. The van der Waals surface area contributed by atoms with Gasteiger partial charge in [0.05, 0.1) is 24.8 Å². The van der Waals surface area contributed by atoms with Gasteiger partial charge in [-0.15, -0.1) is 0 Å². The molecule has 7 nitrogen and oxygen atoms in total. The Morgan fingerprint density at radius 2 is 1.83 bits per heavy atom. The fourth-order valence-electron chi connectivity index (χ4n) is 4.27. The third-order valence-electron chi connectivity index (χ3n) is 6.04. The van der Waals surface area contributed by atoms with Gasteiger partial charge in [-0.05, 0) is 49.2 Å². The molecular formula is C28H25FN4O3. The number of urea groups is 1. The minimum atomic E-state index is -0.590. The van der Waals surface area contributed by atoms with E-state index in [2.05, 4.69) is 15.5 Å². The van der Waals surface area contributed by atoms with Gasteiger partial charge in [-0.1, -0.05) is 59.8 Å². The largest absolute Gasteiger partial charge is 0.494 e. The van der Waals surface area contributed by atoms with E-state index in [1.807, 2.05) is 68.4 Å². The van der Waals surface area contributed by atoms with Crippen LogP contribution in [0.25, 0.3) is 17.0 Å². The standard InChI is InChI=1S/C28H25FN4O3/c1-3-35-23-11-7-8-19(16-23)17-33-18(2)24(25(30-28(33)34)20-12-14-22(29)15-13-20)27-31-26(32-36-27)21-9-5-4-6-10-21/h4-16,25H,3,17H2,1-2H3,(H,30,34). The van der Waals surface area contributed by atoms with Crippen molar-refractivity contribution in [3.63, 3.8) is 0 Å². The van der Waals surface area contributed by atoms with Gasteiger partial charge in [0.15, 0.2) is 0 Å². The van der Waals surface area contributed by atoms with Crippen molar-refractivity contribution in [3.8, 4) is 17.1 Å². The Balaban J connectivity index is 1.57. The number of carbonyl (C=O) groups excluding carboxylic acids is 1. The van der Waals surface area contributed by atoms with Gasteiger partial charge in [-0.25, -0.2) is 9.18 Å². The van der Waals surface area contributed by atoms with Crippen LogP contribution in [0.15, 0.2) is 89.1 Å². The second-order valence-electron chi connectivity index (χ2n) is 8.39. The Hall–Kier alpha value is -4.46. The zero-order valence-electron chi connectivity index (χ0n) is 19.9. The molecule has 36 heavy (non-hydrogen) atoms. The van der Waals surface area contributed by atoms with Gasteiger partial charge in [0, 0.05) is 11.3 Å². The SMILES string of the molecule is CCOc1cccc(CN2C(=O)NC(c3ccc(F)cc3)C(c3nc(-c4ccccc4)no3)=C2C)c1. The Morgan fingerprint density at radius 1 is 1.06 bits per heavy atom. The van der Waals surface area contributed by atoms with Crippen LogP contribution in [-0.2, 0) is 6.54 Å². The summed E-state index contributed by atoms with van der Waals surface area (Å²) < 4.78 is 25.0. The Kier molecular flexibility index (Phi) is 6.49. The topological polar surface area (TPSA) is 80.5 Å². The fourth-order valence-corrected chi connectivity index (χ4v) is 4.27. The zero-order chi connectivity index (χ0) is 25.1. The first-order chi connectivity index (χ1) is 17.5. The van der Waals surface area contributed by atoms with Crippen molar-refractivity contribution in [2.75, 3.05) is 6.61 Å². The summed E-state index contributed by atoms with van der Waals surface area (Å²) in [5.41, 5.74) is 3.74. The highest BCUT2D eigenvalue weighted by Gasteiger charge is 2.35. The van der Waals surface area contributed by atoms with Crippen LogP contribution in [0, 0.1) is 5.82 Å². The zero-order valence-corrected chi connectivity index (χ0v) is 19.9. The number of benzene rings is 3. The number of aromatic nitrogens is 2. The number of halogens is 1. The molecule has 5 rings (SSSR count). The van der Waals surface area contributed by atoms with E-state index in [-0.39, 0.29) is 17.7 Å². The maximum atomic E-state index is 13.7. The predicted octanol–water partition coefficient (Wildman–Crippen LogP) is 5.97. The third kappa shape index (κ3) is 4.70. The monoisotopic (exact) mass is 484 g/mol. The van der Waals surface area contributed by atoms with Crippen molar-refractivity contribution in [2.45, 2.75) is 26.4 Å². The van der Waals surface area contributed by atoms with Crippen LogP contribution in [0.2, 0.25) is 0 Å². The predicted molar refractivity (Wildman–Crippen MR) is 133 cm³/mol. The fraction of sp³-hybridized carbons (Fsp3) is 0.179. The second-order valence-corrected chi connectivity index (χ2v) is 8.39. The first kappa shape index (κ1) is 23.3. The molecule has 0 spiro atoms. The second kappa shape index (κ2) is 10.0. The van der Waals surface area contributed by atoms with Crippen LogP contribution >= 0.6 is 0 Å². The summed E-state index contributed by atoms with van der Waals surface area (Å²) in [4.78, 5) is 19.6. The van der Waals surface area contributed by atoms with Crippen molar-refractivity contribution >= 4 is 11.6 Å². The van der Waals surface area contributed by atoms with Gasteiger partial charge >= 0.3 is 6.03 Å². The lowest BCUT2D eigenvalue weighted by Gasteiger charge is -2.35. The summed E-state index contributed by atoms with van der Waals surface area (Å²) in [5.74, 6) is 1.11. The van der Waals surface area contributed by atoms with Crippen molar-refractivity contribution < 1.29 is 18.4 Å². The van der Waals surface area contributed by atoms with Crippen molar-refractivity contribution in [1.82, 2.24) is 20.4 Å². The average Bonchev–Trinajstić information content (AvgIpc) is 3.37. The quantitative estimate of drug-likeness (QED) is 0.349. The minimum absolute atomic E-state index is 0.282. The molecule has 0 fully saturated rings. The molecule has 0 saturated heterocycles. The van der Waals surface area contributed by atoms with E-state index in [4.69, 9.17) is 9.26 Å². The van der Waals surface area contributed by atoms with Gasteiger partial charge in [0.1, 0.15) is 11.6 Å². The lowest BCUT2D eigenvalue weighted by atomic mass is 9.94. The summed E-state index contributed by atoms with van der Waals surface area (Å²) in [6.07, 6.45) is 0. The molecule has 0 saturated carbocycles. The highest BCUT2D eigenvalue weighted by molar-refractivity contribution is 5.86. The Labute approximate surface area is 208 Å². The number of ether oxygens (including phenoxy) is 1. The molecule has 182 valence electrons. The molecule has 8 heteroatoms. The van der Waals surface area contributed by atoms with Crippen molar-refractivity contribution in [1.29, 1.82) is 0 Å². The van der Waals surface area contributed by atoms with Crippen molar-refractivity contribution in [3.05, 3.63) is 107 Å². The first-order valence-electron chi connectivity index (χ1n) is 11.7. The van der Waals surface area contributed by atoms with Crippen LogP contribution in [-0.4, -0.2) is 27.7 Å². The van der Waals surface area contributed by atoms with Gasteiger partial charge < -0.3 is 14.6 Å². The van der Waals surface area contributed by atoms with Crippen molar-refractivity contribution in [2.24, 2.45) is 0 Å². The van der Waals surface area contributed by atoms with E-state index in [9.17, 15) is 9.18 Å². The molecule has 1 unspecified atom stereocenters. The Bertz CT molecular complexity index is 1400. The lowest BCUT2D eigenvalue weighted by Crippen LogP contribution is -2.45. The molecule has 1 aromatic heterocycles. The smallest absolute Gasteiger partial charge is 0.322 e. The molecule has 1 aliphatic rings. The summed E-state index contributed by atoms with van der Waals surface area (Å²) in [7, 11) is 0. The number of carbonyl (C=O) groups is 1. The van der Waals surface area contributed by atoms with E-state index in [0.29, 0.717) is 35.8 Å². The maximum absolute atomic E-state index is 13.7. The van der Waals surface area contributed by atoms with Crippen LogP contribution in [0.5, 0.6) is 5.75 Å². The summed E-state index contributed by atoms with van der Waals surface area (Å²) in [6, 6.07) is 22.3. The maximum Gasteiger partial charge on any atom is 0.322 e.